The molecule has 0 aromatic carbocycles. The minimum absolute atomic E-state index is 0.407. The number of hydrogen-bond acceptors (Lipinski definition) is 6. The van der Waals surface area contributed by atoms with E-state index in [0.29, 0.717) is 6.42 Å². The van der Waals surface area contributed by atoms with Crippen molar-refractivity contribution in [2.24, 2.45) is 0 Å². The highest BCUT2D eigenvalue weighted by Crippen LogP contribution is 2.09. The van der Waals surface area contributed by atoms with Crippen molar-refractivity contribution < 1.29 is 30.3 Å². The molecule has 0 aliphatic heterocycles. The SMILES string of the molecule is CC(O)CC(C)(C)O.OOB(O)O. The van der Waals surface area contributed by atoms with E-state index >= 15 is 0 Å². The fourth-order valence-corrected chi connectivity index (χ4v) is 0.723. The van der Waals surface area contributed by atoms with Crippen LogP contribution in [-0.2, 0) is 4.81 Å². The summed E-state index contributed by atoms with van der Waals surface area (Å²) in [6.07, 6.45) is 0.0301. The molecule has 0 aliphatic carbocycles. The molecule has 5 N–H and O–H groups in total. The fourth-order valence-electron chi connectivity index (χ4n) is 0.723. The lowest BCUT2D eigenvalue weighted by Crippen LogP contribution is -2.24. The molecule has 0 aromatic rings. The average Bonchev–Trinajstić information content (AvgIpc) is 1.83. The molecule has 0 saturated carbocycles. The monoisotopic (exact) mass is 196 g/mol. The van der Waals surface area contributed by atoms with Crippen molar-refractivity contribution >= 4 is 7.32 Å². The van der Waals surface area contributed by atoms with E-state index in [0.717, 1.165) is 0 Å². The molecule has 0 aliphatic rings. The lowest BCUT2D eigenvalue weighted by molar-refractivity contribution is -0.173. The molecule has 0 spiro atoms. The molecule has 80 valence electrons. The molecule has 0 saturated heterocycles. The third kappa shape index (κ3) is 24.5. The summed E-state index contributed by atoms with van der Waals surface area (Å²) < 4.78 is 0. The number of aliphatic hydroxyl groups excluding tert-OH is 1. The van der Waals surface area contributed by atoms with Crippen molar-refractivity contribution in [3.63, 3.8) is 0 Å². The molecule has 7 heteroatoms. The molecule has 1 unspecified atom stereocenters. The average molecular weight is 196 g/mol. The predicted molar refractivity (Wildman–Crippen MR) is 46.5 cm³/mol. The predicted octanol–water partition coefficient (Wildman–Crippen LogP) is -1.03. The highest BCUT2D eigenvalue weighted by molar-refractivity contribution is 6.32. The van der Waals surface area contributed by atoms with Crippen LogP contribution in [0.1, 0.15) is 27.2 Å². The van der Waals surface area contributed by atoms with E-state index in [4.69, 9.17) is 25.5 Å². The van der Waals surface area contributed by atoms with Gasteiger partial charge in [0.05, 0.1) is 11.7 Å². The molecular weight excluding hydrogens is 179 g/mol. The lowest BCUT2D eigenvalue weighted by Gasteiger charge is -2.17. The Morgan fingerprint density at radius 3 is 1.69 bits per heavy atom. The minimum Gasteiger partial charge on any atom is -0.400 e. The van der Waals surface area contributed by atoms with Gasteiger partial charge in [0.15, 0.2) is 0 Å². The smallest absolute Gasteiger partial charge is 0.400 e. The van der Waals surface area contributed by atoms with Gasteiger partial charge in [-0.3, -0.25) is 5.26 Å². The van der Waals surface area contributed by atoms with Gasteiger partial charge in [-0.1, -0.05) is 0 Å². The summed E-state index contributed by atoms with van der Waals surface area (Å²) in [6.45, 7) is 5.03. The highest BCUT2D eigenvalue weighted by Gasteiger charge is 2.14. The molecule has 0 amide bonds. The minimum atomic E-state index is -2.06. The number of rotatable bonds is 3. The highest BCUT2D eigenvalue weighted by atomic mass is 17.1. The number of aliphatic hydroxyl groups is 2. The summed E-state index contributed by atoms with van der Waals surface area (Å²) in [7, 11) is -2.06. The van der Waals surface area contributed by atoms with E-state index in [-0.39, 0.29) is 0 Å². The van der Waals surface area contributed by atoms with Crippen LogP contribution in [0.4, 0.5) is 0 Å². The summed E-state index contributed by atoms with van der Waals surface area (Å²) >= 11 is 0. The molecule has 13 heavy (non-hydrogen) atoms. The van der Waals surface area contributed by atoms with Gasteiger partial charge < -0.3 is 20.3 Å². The molecule has 0 radical (unpaired) electrons. The van der Waals surface area contributed by atoms with Gasteiger partial charge in [-0.05, 0) is 20.8 Å². The van der Waals surface area contributed by atoms with Crippen molar-refractivity contribution in [2.45, 2.75) is 38.9 Å². The molecule has 0 bridgehead atoms. The van der Waals surface area contributed by atoms with E-state index in [1.54, 1.807) is 20.8 Å². The van der Waals surface area contributed by atoms with E-state index in [2.05, 4.69) is 4.81 Å². The Kier molecular flexibility index (Phi) is 8.53. The van der Waals surface area contributed by atoms with E-state index in [1.165, 1.54) is 0 Å². The molecule has 0 aromatic heterocycles. The van der Waals surface area contributed by atoms with Crippen molar-refractivity contribution in [3.8, 4) is 0 Å². The first-order valence-corrected chi connectivity index (χ1v) is 3.76. The standard InChI is InChI=1S/C6H14O2.BH3O4/c1-5(7)4-6(2,3)8;2-1(3)5-4/h5,7-8H,4H2,1-3H3;2-4H. The quantitative estimate of drug-likeness (QED) is 0.224. The maximum absolute atomic E-state index is 9.03. The van der Waals surface area contributed by atoms with Crippen molar-refractivity contribution in [3.05, 3.63) is 0 Å². The molecule has 6 nitrogen and oxygen atoms in total. The van der Waals surface area contributed by atoms with Crippen LogP contribution < -0.4 is 0 Å². The van der Waals surface area contributed by atoms with E-state index < -0.39 is 19.0 Å². The van der Waals surface area contributed by atoms with Crippen LogP contribution in [0.15, 0.2) is 0 Å². The summed E-state index contributed by atoms with van der Waals surface area (Å²) in [5.41, 5.74) is -0.728. The summed E-state index contributed by atoms with van der Waals surface area (Å²) in [6, 6.07) is 0. The van der Waals surface area contributed by atoms with Gasteiger partial charge in [-0.2, -0.15) is 0 Å². The third-order valence-electron chi connectivity index (χ3n) is 0.889. The Morgan fingerprint density at radius 1 is 1.38 bits per heavy atom. The van der Waals surface area contributed by atoms with Crippen LogP contribution in [0.3, 0.4) is 0 Å². The lowest BCUT2D eigenvalue weighted by atomic mass is 10.0. The molecule has 0 heterocycles. The van der Waals surface area contributed by atoms with Crippen LogP contribution in [0.2, 0.25) is 0 Å². The van der Waals surface area contributed by atoms with Crippen LogP contribution >= 0.6 is 0 Å². The topological polar surface area (TPSA) is 110 Å². The van der Waals surface area contributed by atoms with Gasteiger partial charge in [0, 0.05) is 6.42 Å². The Bertz CT molecular complexity index is 110. The Morgan fingerprint density at radius 2 is 1.69 bits per heavy atom. The van der Waals surface area contributed by atoms with Crippen molar-refractivity contribution in [1.82, 2.24) is 0 Å². The molecule has 0 fully saturated rings. The second-order valence-corrected chi connectivity index (χ2v) is 3.30. The van der Waals surface area contributed by atoms with Crippen molar-refractivity contribution in [2.75, 3.05) is 0 Å². The third-order valence-corrected chi connectivity index (χ3v) is 0.889. The first-order valence-electron chi connectivity index (χ1n) is 3.76. The van der Waals surface area contributed by atoms with Crippen LogP contribution in [0.5, 0.6) is 0 Å². The Balaban J connectivity index is 0. The first kappa shape index (κ1) is 15.3. The second kappa shape index (κ2) is 7.25. The van der Waals surface area contributed by atoms with Crippen LogP contribution in [-0.4, -0.2) is 44.5 Å². The maximum Gasteiger partial charge on any atom is 0.662 e. The summed E-state index contributed by atoms with van der Waals surface area (Å²) in [4.78, 5) is 2.86. The maximum atomic E-state index is 9.03. The Labute approximate surface area is 77.5 Å². The normalized spacial score (nSPS) is 12.9. The second-order valence-electron chi connectivity index (χ2n) is 3.30. The van der Waals surface area contributed by atoms with Gasteiger partial charge in [0.25, 0.3) is 0 Å². The van der Waals surface area contributed by atoms with Gasteiger partial charge in [0.1, 0.15) is 0 Å². The summed E-state index contributed by atoms with van der Waals surface area (Å²) in [5, 5.41) is 39.8. The van der Waals surface area contributed by atoms with Gasteiger partial charge >= 0.3 is 7.32 Å². The van der Waals surface area contributed by atoms with Crippen LogP contribution in [0, 0.1) is 0 Å². The zero-order valence-electron chi connectivity index (χ0n) is 8.01. The van der Waals surface area contributed by atoms with Gasteiger partial charge in [-0.25, -0.2) is 4.81 Å². The Hall–Kier alpha value is -0.175. The van der Waals surface area contributed by atoms with E-state index in [9.17, 15) is 0 Å². The zero-order chi connectivity index (χ0) is 11.1. The molecule has 0 rings (SSSR count). The zero-order valence-corrected chi connectivity index (χ0v) is 8.01. The van der Waals surface area contributed by atoms with Gasteiger partial charge in [0.2, 0.25) is 0 Å². The molecule has 1 atom stereocenters. The fraction of sp³-hybridized carbons (Fsp3) is 1.00. The number of hydrogen-bond donors (Lipinski definition) is 5. The van der Waals surface area contributed by atoms with Gasteiger partial charge in [-0.15, -0.1) is 0 Å². The largest absolute Gasteiger partial charge is 0.662 e. The molecular formula is C6H17BO6. The van der Waals surface area contributed by atoms with Crippen LogP contribution in [0.25, 0.3) is 0 Å². The summed E-state index contributed by atoms with van der Waals surface area (Å²) in [5.74, 6) is 0. The van der Waals surface area contributed by atoms with E-state index in [1.807, 2.05) is 0 Å². The first-order chi connectivity index (χ1) is 5.69. The van der Waals surface area contributed by atoms with Crippen molar-refractivity contribution in [1.29, 1.82) is 0 Å².